The van der Waals surface area contributed by atoms with E-state index in [4.69, 9.17) is 0 Å². The number of likely N-dealkylation sites (tertiary alicyclic amines) is 1. The van der Waals surface area contributed by atoms with Crippen molar-refractivity contribution < 1.29 is 4.79 Å². The second-order valence-corrected chi connectivity index (χ2v) is 5.09. The van der Waals surface area contributed by atoms with Crippen molar-refractivity contribution in [3.8, 4) is 0 Å². The molecule has 18 heavy (non-hydrogen) atoms. The molecule has 0 spiro atoms. The second kappa shape index (κ2) is 4.98. The van der Waals surface area contributed by atoms with Gasteiger partial charge in [-0.1, -0.05) is 30.3 Å². The molecule has 4 nitrogen and oxygen atoms in total. The van der Waals surface area contributed by atoms with E-state index in [1.165, 1.54) is 5.56 Å². The zero-order valence-corrected chi connectivity index (χ0v) is 10.5. The lowest BCUT2D eigenvalue weighted by atomic mass is 10.2. The minimum absolute atomic E-state index is 0.113. The number of carbonyl (C=O) groups is 1. The summed E-state index contributed by atoms with van der Waals surface area (Å²) in [5, 5.41) is 2.88. The molecule has 4 heteroatoms. The summed E-state index contributed by atoms with van der Waals surface area (Å²) in [6.45, 7) is 4.75. The Hall–Kier alpha value is -1.55. The van der Waals surface area contributed by atoms with Gasteiger partial charge in [-0.25, -0.2) is 4.79 Å². The number of benzene rings is 1. The van der Waals surface area contributed by atoms with Gasteiger partial charge in [-0.2, -0.15) is 0 Å². The van der Waals surface area contributed by atoms with Gasteiger partial charge in [-0.05, 0) is 12.0 Å². The van der Waals surface area contributed by atoms with Crippen LogP contribution in [0.2, 0.25) is 0 Å². The average Bonchev–Trinajstić information content (AvgIpc) is 2.99. The van der Waals surface area contributed by atoms with E-state index < -0.39 is 0 Å². The van der Waals surface area contributed by atoms with E-state index in [-0.39, 0.29) is 6.03 Å². The molecule has 0 saturated carbocycles. The predicted octanol–water partition coefficient (Wildman–Crippen LogP) is 1.29. The molecule has 2 fully saturated rings. The highest BCUT2D eigenvalue weighted by molar-refractivity contribution is 5.76. The first kappa shape index (κ1) is 11.5. The van der Waals surface area contributed by atoms with Crippen molar-refractivity contribution >= 4 is 6.03 Å². The van der Waals surface area contributed by atoms with E-state index in [1.807, 2.05) is 11.0 Å². The molecule has 1 aromatic rings. The largest absolute Gasteiger partial charge is 0.336 e. The van der Waals surface area contributed by atoms with Gasteiger partial charge in [0.05, 0.1) is 0 Å². The highest BCUT2D eigenvalue weighted by Crippen LogP contribution is 2.19. The van der Waals surface area contributed by atoms with Gasteiger partial charge in [0.1, 0.15) is 0 Å². The third-order valence-corrected chi connectivity index (χ3v) is 3.83. The number of nitrogens with zero attached hydrogens (tertiary/aromatic N) is 2. The van der Waals surface area contributed by atoms with Crippen LogP contribution in [0.1, 0.15) is 12.0 Å². The number of rotatable bonds is 3. The maximum absolute atomic E-state index is 11.6. The van der Waals surface area contributed by atoms with Crippen LogP contribution in [0, 0.1) is 0 Å². The number of carbonyl (C=O) groups excluding carboxylic acids is 1. The van der Waals surface area contributed by atoms with Gasteiger partial charge < -0.3 is 10.2 Å². The maximum atomic E-state index is 11.6. The molecule has 1 atom stereocenters. The fourth-order valence-corrected chi connectivity index (χ4v) is 2.89. The minimum Gasteiger partial charge on any atom is -0.336 e. The van der Waals surface area contributed by atoms with Crippen molar-refractivity contribution in [2.75, 3.05) is 26.2 Å². The molecule has 2 amide bonds. The number of hydrogen-bond donors (Lipinski definition) is 1. The Bertz CT molecular complexity index is 420. The van der Waals surface area contributed by atoms with E-state index in [0.717, 1.165) is 39.1 Å². The molecule has 3 rings (SSSR count). The first-order chi connectivity index (χ1) is 8.83. The van der Waals surface area contributed by atoms with Crippen molar-refractivity contribution in [1.29, 1.82) is 0 Å². The van der Waals surface area contributed by atoms with Crippen molar-refractivity contribution in [3.05, 3.63) is 35.9 Å². The van der Waals surface area contributed by atoms with Crippen LogP contribution in [0.4, 0.5) is 4.79 Å². The molecular weight excluding hydrogens is 226 g/mol. The lowest BCUT2D eigenvalue weighted by Crippen LogP contribution is -2.39. The van der Waals surface area contributed by atoms with Crippen LogP contribution < -0.4 is 5.32 Å². The fraction of sp³-hybridized carbons (Fsp3) is 0.500. The van der Waals surface area contributed by atoms with Gasteiger partial charge in [-0.15, -0.1) is 0 Å². The summed E-state index contributed by atoms with van der Waals surface area (Å²) in [5.41, 5.74) is 1.35. The van der Waals surface area contributed by atoms with Gasteiger partial charge in [0.2, 0.25) is 0 Å². The van der Waals surface area contributed by atoms with Gasteiger partial charge in [0.15, 0.2) is 0 Å². The van der Waals surface area contributed by atoms with Crippen LogP contribution in [-0.4, -0.2) is 48.1 Å². The number of nitrogens with one attached hydrogen (secondary N) is 1. The molecule has 0 radical (unpaired) electrons. The van der Waals surface area contributed by atoms with Crippen molar-refractivity contribution in [2.45, 2.75) is 19.0 Å². The Labute approximate surface area is 108 Å². The first-order valence-electron chi connectivity index (χ1n) is 6.64. The summed E-state index contributed by atoms with van der Waals surface area (Å²) in [6.07, 6.45) is 1.10. The molecule has 0 aromatic heterocycles. The molecule has 1 aromatic carbocycles. The first-order valence-corrected chi connectivity index (χ1v) is 6.64. The van der Waals surface area contributed by atoms with E-state index in [9.17, 15) is 4.79 Å². The van der Waals surface area contributed by atoms with E-state index in [1.54, 1.807) is 0 Å². The van der Waals surface area contributed by atoms with Gasteiger partial charge in [0.25, 0.3) is 0 Å². The van der Waals surface area contributed by atoms with Crippen LogP contribution in [0.5, 0.6) is 0 Å². The summed E-state index contributed by atoms with van der Waals surface area (Å²) in [4.78, 5) is 16.0. The van der Waals surface area contributed by atoms with E-state index >= 15 is 0 Å². The maximum Gasteiger partial charge on any atom is 0.317 e. The van der Waals surface area contributed by atoms with Gasteiger partial charge in [-0.3, -0.25) is 4.90 Å². The topological polar surface area (TPSA) is 35.6 Å². The molecule has 2 heterocycles. The van der Waals surface area contributed by atoms with Crippen LogP contribution in [0.3, 0.4) is 0 Å². The lowest BCUT2D eigenvalue weighted by molar-refractivity contribution is 0.196. The summed E-state index contributed by atoms with van der Waals surface area (Å²) in [5.74, 6) is 0. The highest BCUT2D eigenvalue weighted by atomic mass is 16.2. The SMILES string of the molecule is O=C1NCCN1C1CCN(Cc2ccccc2)C1. The lowest BCUT2D eigenvalue weighted by Gasteiger charge is -2.23. The zero-order chi connectivity index (χ0) is 12.4. The van der Waals surface area contributed by atoms with E-state index in [0.29, 0.717) is 6.04 Å². The summed E-state index contributed by atoms with van der Waals surface area (Å²) in [7, 11) is 0. The monoisotopic (exact) mass is 245 g/mol. The Balaban J connectivity index is 1.57. The molecule has 96 valence electrons. The standard InChI is InChI=1S/C14H19N3O/c18-14-15-7-9-17(14)13-6-8-16(11-13)10-12-4-2-1-3-5-12/h1-5,13H,6-11H2,(H,15,18). The normalized spacial score (nSPS) is 24.6. The number of amides is 2. The van der Waals surface area contributed by atoms with Gasteiger partial charge >= 0.3 is 6.03 Å². The predicted molar refractivity (Wildman–Crippen MR) is 70.2 cm³/mol. The quantitative estimate of drug-likeness (QED) is 0.871. The van der Waals surface area contributed by atoms with Crippen LogP contribution in [0.15, 0.2) is 30.3 Å². The summed E-state index contributed by atoms with van der Waals surface area (Å²) < 4.78 is 0. The molecular formula is C14H19N3O. The van der Waals surface area contributed by atoms with Crippen LogP contribution >= 0.6 is 0 Å². The third kappa shape index (κ3) is 2.34. The minimum atomic E-state index is 0.113. The molecule has 0 aliphatic carbocycles. The molecule has 1 N–H and O–H groups in total. The van der Waals surface area contributed by atoms with Crippen LogP contribution in [0.25, 0.3) is 0 Å². The Morgan fingerprint density at radius 2 is 2.06 bits per heavy atom. The molecule has 1 unspecified atom stereocenters. The van der Waals surface area contributed by atoms with Crippen molar-refractivity contribution in [1.82, 2.24) is 15.1 Å². The smallest absolute Gasteiger partial charge is 0.317 e. The molecule has 2 aliphatic heterocycles. The second-order valence-electron chi connectivity index (χ2n) is 5.09. The number of hydrogen-bond acceptors (Lipinski definition) is 2. The highest BCUT2D eigenvalue weighted by Gasteiger charge is 2.32. The summed E-state index contributed by atoms with van der Waals surface area (Å²) in [6, 6.07) is 11.0. The third-order valence-electron chi connectivity index (χ3n) is 3.83. The molecule has 2 aliphatic rings. The Morgan fingerprint density at radius 3 is 2.78 bits per heavy atom. The summed E-state index contributed by atoms with van der Waals surface area (Å²) >= 11 is 0. The number of urea groups is 1. The van der Waals surface area contributed by atoms with Crippen molar-refractivity contribution in [3.63, 3.8) is 0 Å². The van der Waals surface area contributed by atoms with Gasteiger partial charge in [0, 0.05) is 38.8 Å². The Kier molecular flexibility index (Phi) is 3.19. The average molecular weight is 245 g/mol. The molecule has 2 saturated heterocycles. The van der Waals surface area contributed by atoms with E-state index in [2.05, 4.69) is 34.5 Å². The Morgan fingerprint density at radius 1 is 1.22 bits per heavy atom. The van der Waals surface area contributed by atoms with Crippen molar-refractivity contribution in [2.24, 2.45) is 0 Å². The van der Waals surface area contributed by atoms with Crippen LogP contribution in [-0.2, 0) is 6.54 Å². The fourth-order valence-electron chi connectivity index (χ4n) is 2.89. The molecule has 0 bridgehead atoms. The zero-order valence-electron chi connectivity index (χ0n) is 10.5.